The monoisotopic (exact) mass is 275 g/mol. The van der Waals surface area contributed by atoms with Crippen LogP contribution in [0.5, 0.6) is 0 Å². The van der Waals surface area contributed by atoms with Gasteiger partial charge in [-0.05, 0) is 6.42 Å². The van der Waals surface area contributed by atoms with Gasteiger partial charge >= 0.3 is 0 Å². The second-order valence-electron chi connectivity index (χ2n) is 5.75. The molecule has 2 aliphatic heterocycles. The minimum absolute atomic E-state index is 0.0718. The third-order valence-electron chi connectivity index (χ3n) is 3.81. The zero-order valence-electron chi connectivity index (χ0n) is 11.2. The van der Waals surface area contributed by atoms with Crippen molar-refractivity contribution in [3.63, 3.8) is 0 Å². The molecular formula is C12H19F2N3O2. The molecular weight excluding hydrogens is 256 g/mol. The maximum atomic E-state index is 13.8. The molecule has 0 bridgehead atoms. The Kier molecular flexibility index (Phi) is 3.51. The number of carbonyl (C=O) groups is 2. The molecule has 2 saturated heterocycles. The summed E-state index contributed by atoms with van der Waals surface area (Å²) in [7, 11) is 3.17. The van der Waals surface area contributed by atoms with Crippen LogP contribution in [-0.4, -0.2) is 67.8 Å². The summed E-state index contributed by atoms with van der Waals surface area (Å²) >= 11 is 0. The number of piperidine rings is 1. The lowest BCUT2D eigenvalue weighted by Gasteiger charge is -2.42. The van der Waals surface area contributed by atoms with E-state index < -0.39 is 24.3 Å². The Bertz CT molecular complexity index is 400. The van der Waals surface area contributed by atoms with Gasteiger partial charge in [0, 0.05) is 33.6 Å². The van der Waals surface area contributed by atoms with Crippen molar-refractivity contribution in [2.75, 3.05) is 40.3 Å². The summed E-state index contributed by atoms with van der Waals surface area (Å²) in [6.07, 6.45) is -0.00737. The molecule has 0 aromatic rings. The molecule has 0 aliphatic carbocycles. The van der Waals surface area contributed by atoms with Gasteiger partial charge in [-0.25, -0.2) is 8.78 Å². The largest absolute Gasteiger partial charge is 0.356 e. The van der Waals surface area contributed by atoms with Crippen molar-refractivity contribution in [2.45, 2.75) is 18.8 Å². The molecule has 2 fully saturated rings. The number of alkyl halides is 2. The summed E-state index contributed by atoms with van der Waals surface area (Å²) in [5.74, 6) is -3.47. The zero-order chi connectivity index (χ0) is 14.3. The first kappa shape index (κ1) is 14.2. The quantitative estimate of drug-likeness (QED) is 0.767. The number of carbonyl (C=O) groups excluding carboxylic acids is 2. The van der Waals surface area contributed by atoms with Gasteiger partial charge in [0.25, 0.3) is 5.92 Å². The first-order chi connectivity index (χ1) is 8.74. The lowest BCUT2D eigenvalue weighted by Crippen LogP contribution is -2.56. The van der Waals surface area contributed by atoms with E-state index in [1.54, 1.807) is 14.1 Å². The Labute approximate surface area is 110 Å². The van der Waals surface area contributed by atoms with Gasteiger partial charge < -0.3 is 10.2 Å². The van der Waals surface area contributed by atoms with Crippen molar-refractivity contribution in [2.24, 2.45) is 5.41 Å². The number of likely N-dealkylation sites (N-methyl/N-ethyl adjacent to an activating group) is 1. The molecule has 2 rings (SSSR count). The fraction of sp³-hybridized carbons (Fsp3) is 0.833. The summed E-state index contributed by atoms with van der Waals surface area (Å²) in [5.41, 5.74) is -1.03. The number of hydrogen-bond acceptors (Lipinski definition) is 3. The summed E-state index contributed by atoms with van der Waals surface area (Å²) in [5, 5.41) is 2.62. The van der Waals surface area contributed by atoms with Crippen LogP contribution < -0.4 is 5.32 Å². The fourth-order valence-corrected chi connectivity index (χ4v) is 2.90. The van der Waals surface area contributed by atoms with E-state index in [1.807, 2.05) is 0 Å². The van der Waals surface area contributed by atoms with Gasteiger partial charge in [0.2, 0.25) is 11.8 Å². The SMILES string of the molecule is CN(C)C(=O)CN1CC(F)(F)CC2(CCNC2=O)C1. The van der Waals surface area contributed by atoms with Gasteiger partial charge in [0.05, 0.1) is 18.5 Å². The van der Waals surface area contributed by atoms with Crippen molar-refractivity contribution >= 4 is 11.8 Å². The number of halogens is 2. The third kappa shape index (κ3) is 2.86. The Balaban J connectivity index is 2.13. The molecule has 2 amide bonds. The van der Waals surface area contributed by atoms with E-state index in [1.165, 1.54) is 9.80 Å². The van der Waals surface area contributed by atoms with E-state index in [0.29, 0.717) is 13.0 Å². The van der Waals surface area contributed by atoms with E-state index in [9.17, 15) is 18.4 Å². The maximum absolute atomic E-state index is 13.8. The van der Waals surface area contributed by atoms with Gasteiger partial charge in [-0.3, -0.25) is 14.5 Å². The maximum Gasteiger partial charge on any atom is 0.261 e. The Morgan fingerprint density at radius 3 is 2.63 bits per heavy atom. The van der Waals surface area contributed by atoms with Crippen molar-refractivity contribution in [1.82, 2.24) is 15.1 Å². The van der Waals surface area contributed by atoms with Crippen molar-refractivity contribution in [3.05, 3.63) is 0 Å². The van der Waals surface area contributed by atoms with E-state index in [0.717, 1.165) is 0 Å². The van der Waals surface area contributed by atoms with E-state index >= 15 is 0 Å². The van der Waals surface area contributed by atoms with Crippen molar-refractivity contribution in [1.29, 1.82) is 0 Å². The summed E-state index contributed by atoms with van der Waals surface area (Å²) in [6.45, 7) is 0.137. The van der Waals surface area contributed by atoms with Crippen LogP contribution in [0.4, 0.5) is 8.78 Å². The van der Waals surface area contributed by atoms with Gasteiger partial charge in [-0.15, -0.1) is 0 Å². The number of hydrogen-bond donors (Lipinski definition) is 1. The summed E-state index contributed by atoms with van der Waals surface area (Å²) in [4.78, 5) is 26.3. The minimum Gasteiger partial charge on any atom is -0.356 e. The predicted molar refractivity (Wildman–Crippen MR) is 64.8 cm³/mol. The molecule has 1 atom stereocenters. The average Bonchev–Trinajstić information content (AvgIpc) is 2.56. The highest BCUT2D eigenvalue weighted by atomic mass is 19.3. The summed E-state index contributed by atoms with van der Waals surface area (Å²) < 4.78 is 27.7. The molecule has 5 nitrogen and oxygen atoms in total. The number of rotatable bonds is 2. The van der Waals surface area contributed by atoms with Gasteiger partial charge in [0.1, 0.15) is 0 Å². The van der Waals surface area contributed by atoms with Gasteiger partial charge in [-0.1, -0.05) is 0 Å². The van der Waals surface area contributed by atoms with Crippen LogP contribution >= 0.6 is 0 Å². The number of likely N-dealkylation sites (tertiary alicyclic amines) is 1. The van der Waals surface area contributed by atoms with Crippen LogP contribution in [0.1, 0.15) is 12.8 Å². The normalized spacial score (nSPS) is 30.4. The lowest BCUT2D eigenvalue weighted by molar-refractivity contribution is -0.152. The Morgan fingerprint density at radius 2 is 2.11 bits per heavy atom. The molecule has 2 aliphatic rings. The smallest absolute Gasteiger partial charge is 0.261 e. The van der Waals surface area contributed by atoms with Crippen molar-refractivity contribution in [3.8, 4) is 0 Å². The Hall–Kier alpha value is -1.24. The zero-order valence-corrected chi connectivity index (χ0v) is 11.2. The van der Waals surface area contributed by atoms with Crippen LogP contribution in [0.15, 0.2) is 0 Å². The molecule has 0 aromatic heterocycles. The molecule has 0 radical (unpaired) electrons. The number of amides is 2. The van der Waals surface area contributed by atoms with Crippen LogP contribution in [0, 0.1) is 5.41 Å². The topological polar surface area (TPSA) is 52.7 Å². The highest BCUT2D eigenvalue weighted by Gasteiger charge is 2.54. The third-order valence-corrected chi connectivity index (χ3v) is 3.81. The first-order valence-corrected chi connectivity index (χ1v) is 6.33. The number of nitrogens with zero attached hydrogens (tertiary/aromatic N) is 2. The molecule has 19 heavy (non-hydrogen) atoms. The fourth-order valence-electron chi connectivity index (χ4n) is 2.90. The van der Waals surface area contributed by atoms with Crippen LogP contribution in [0.25, 0.3) is 0 Å². The van der Waals surface area contributed by atoms with Crippen molar-refractivity contribution < 1.29 is 18.4 Å². The standard InChI is InChI=1S/C12H19F2N3O2/c1-16(2)9(18)5-17-7-11(3-4-15-10(11)19)6-12(13,14)8-17/h3-8H2,1-2H3,(H,15,19). The van der Waals surface area contributed by atoms with Gasteiger partial charge in [0.15, 0.2) is 0 Å². The molecule has 2 heterocycles. The molecule has 7 heteroatoms. The number of nitrogens with one attached hydrogen (secondary N) is 1. The van der Waals surface area contributed by atoms with Crippen LogP contribution in [-0.2, 0) is 9.59 Å². The van der Waals surface area contributed by atoms with Crippen LogP contribution in [0.3, 0.4) is 0 Å². The lowest BCUT2D eigenvalue weighted by atomic mass is 9.77. The molecule has 108 valence electrons. The van der Waals surface area contributed by atoms with E-state index in [4.69, 9.17) is 0 Å². The molecule has 0 saturated carbocycles. The average molecular weight is 275 g/mol. The van der Waals surface area contributed by atoms with Crippen LogP contribution in [0.2, 0.25) is 0 Å². The molecule has 1 unspecified atom stereocenters. The van der Waals surface area contributed by atoms with E-state index in [2.05, 4.69) is 5.32 Å². The predicted octanol–water partition coefficient (Wildman–Crippen LogP) is -0.0781. The van der Waals surface area contributed by atoms with Gasteiger partial charge in [-0.2, -0.15) is 0 Å². The molecule has 1 spiro atoms. The van der Waals surface area contributed by atoms with E-state index in [-0.39, 0.29) is 24.9 Å². The molecule has 1 N–H and O–H groups in total. The summed E-state index contributed by atoms with van der Waals surface area (Å²) in [6, 6.07) is 0. The Morgan fingerprint density at radius 1 is 1.42 bits per heavy atom. The first-order valence-electron chi connectivity index (χ1n) is 6.33. The minimum atomic E-state index is -2.92. The second-order valence-corrected chi connectivity index (χ2v) is 5.75. The highest BCUT2D eigenvalue weighted by molar-refractivity contribution is 5.85. The highest BCUT2D eigenvalue weighted by Crippen LogP contribution is 2.43. The molecule has 0 aromatic carbocycles. The second kappa shape index (κ2) is 4.70.